The Labute approximate surface area is 73.1 Å². The van der Waals surface area contributed by atoms with E-state index in [9.17, 15) is 0 Å². The number of hydrogen-bond acceptors (Lipinski definition) is 2. The summed E-state index contributed by atoms with van der Waals surface area (Å²) < 4.78 is 0. The van der Waals surface area contributed by atoms with Crippen LogP contribution in [0, 0.1) is 19.3 Å². The molecule has 0 unspecified atom stereocenters. The van der Waals surface area contributed by atoms with Crippen LogP contribution in [-0.2, 0) is 5.41 Å². The fraction of sp³-hybridized carbons (Fsp3) is 0.400. The zero-order chi connectivity index (χ0) is 9.19. The van der Waals surface area contributed by atoms with Gasteiger partial charge in [0.15, 0.2) is 0 Å². The lowest BCUT2D eigenvalue weighted by Crippen LogP contribution is -2.18. The molecule has 0 fully saturated rings. The Morgan fingerprint density at radius 2 is 1.92 bits per heavy atom. The molecule has 1 heterocycles. The van der Waals surface area contributed by atoms with Gasteiger partial charge < -0.3 is 0 Å². The van der Waals surface area contributed by atoms with Crippen molar-refractivity contribution in [2.75, 3.05) is 0 Å². The van der Waals surface area contributed by atoms with E-state index in [2.05, 4.69) is 15.9 Å². The van der Waals surface area contributed by atoms with Gasteiger partial charge in [-0.15, -0.1) is 6.42 Å². The van der Waals surface area contributed by atoms with E-state index in [0.29, 0.717) is 0 Å². The Kier molecular flexibility index (Phi) is 2.14. The van der Waals surface area contributed by atoms with E-state index >= 15 is 0 Å². The molecule has 0 aliphatic rings. The molecule has 0 saturated heterocycles. The second-order valence-electron chi connectivity index (χ2n) is 3.26. The molecule has 1 aromatic heterocycles. The second-order valence-corrected chi connectivity index (χ2v) is 3.26. The molecule has 62 valence electrons. The monoisotopic (exact) mass is 160 g/mol. The van der Waals surface area contributed by atoms with Gasteiger partial charge in [-0.25, -0.2) is 0 Å². The van der Waals surface area contributed by atoms with Crippen LogP contribution in [0.2, 0.25) is 0 Å². The normalized spacial score (nSPS) is 10.8. The number of aryl methyl sites for hydroxylation is 1. The van der Waals surface area contributed by atoms with Gasteiger partial charge in [-0.05, 0) is 20.8 Å². The van der Waals surface area contributed by atoms with E-state index in [0.717, 1.165) is 11.4 Å². The van der Waals surface area contributed by atoms with Crippen molar-refractivity contribution in [3.05, 3.63) is 23.8 Å². The summed E-state index contributed by atoms with van der Waals surface area (Å²) in [5.41, 5.74) is 1.46. The lowest BCUT2D eigenvalue weighted by Gasteiger charge is -2.17. The second kappa shape index (κ2) is 2.94. The lowest BCUT2D eigenvalue weighted by molar-refractivity contribution is 0.656. The van der Waals surface area contributed by atoms with Crippen LogP contribution in [0.5, 0.6) is 0 Å². The first-order chi connectivity index (χ1) is 5.58. The molecule has 2 nitrogen and oxygen atoms in total. The summed E-state index contributed by atoms with van der Waals surface area (Å²) in [4.78, 5) is 8.35. The van der Waals surface area contributed by atoms with Crippen molar-refractivity contribution >= 4 is 0 Å². The molecule has 0 aromatic carbocycles. The number of hydrogen-bond donors (Lipinski definition) is 0. The Morgan fingerprint density at radius 1 is 1.33 bits per heavy atom. The third-order valence-electron chi connectivity index (χ3n) is 1.83. The average Bonchev–Trinajstić information content (AvgIpc) is 2.05. The predicted molar refractivity (Wildman–Crippen MR) is 48.6 cm³/mol. The Hall–Kier alpha value is -1.36. The summed E-state index contributed by atoms with van der Waals surface area (Å²) in [6.07, 6.45) is 8.73. The fourth-order valence-electron chi connectivity index (χ4n) is 1.09. The predicted octanol–water partition coefficient (Wildman–Crippen LogP) is 1.70. The molecule has 2 heteroatoms. The van der Waals surface area contributed by atoms with Gasteiger partial charge in [-0.3, -0.25) is 9.97 Å². The van der Waals surface area contributed by atoms with Crippen molar-refractivity contribution in [3.8, 4) is 12.3 Å². The van der Waals surface area contributed by atoms with Gasteiger partial charge in [-0.2, -0.15) is 0 Å². The highest BCUT2D eigenvalue weighted by Gasteiger charge is 2.21. The minimum atomic E-state index is -0.321. The van der Waals surface area contributed by atoms with Crippen molar-refractivity contribution < 1.29 is 0 Å². The zero-order valence-corrected chi connectivity index (χ0v) is 7.63. The summed E-state index contributed by atoms with van der Waals surface area (Å²) in [5, 5.41) is 0. The number of nitrogens with zero attached hydrogens (tertiary/aromatic N) is 2. The van der Waals surface area contributed by atoms with E-state index in [1.807, 2.05) is 20.8 Å². The number of terminal acetylenes is 1. The molecular weight excluding hydrogens is 148 g/mol. The summed E-state index contributed by atoms with van der Waals surface area (Å²) in [5.74, 6) is 2.70. The van der Waals surface area contributed by atoms with E-state index < -0.39 is 0 Å². The van der Waals surface area contributed by atoms with Crippen molar-refractivity contribution in [2.45, 2.75) is 26.2 Å². The topological polar surface area (TPSA) is 25.8 Å². The third-order valence-corrected chi connectivity index (χ3v) is 1.83. The maximum atomic E-state index is 5.39. The smallest absolute Gasteiger partial charge is 0.0791 e. The fourth-order valence-corrected chi connectivity index (χ4v) is 1.09. The SMILES string of the molecule is C#CC(C)(C)c1nccnc1C. The molecule has 0 spiro atoms. The lowest BCUT2D eigenvalue weighted by atomic mass is 9.89. The van der Waals surface area contributed by atoms with Gasteiger partial charge in [0.1, 0.15) is 0 Å². The maximum absolute atomic E-state index is 5.39. The van der Waals surface area contributed by atoms with Gasteiger partial charge in [0.05, 0.1) is 16.8 Å². The molecule has 0 aliphatic heterocycles. The van der Waals surface area contributed by atoms with E-state index in [1.54, 1.807) is 12.4 Å². The first kappa shape index (κ1) is 8.73. The van der Waals surface area contributed by atoms with Gasteiger partial charge in [0.2, 0.25) is 0 Å². The van der Waals surface area contributed by atoms with E-state index in [1.165, 1.54) is 0 Å². The average molecular weight is 160 g/mol. The third kappa shape index (κ3) is 1.45. The van der Waals surface area contributed by atoms with Gasteiger partial charge in [-0.1, -0.05) is 5.92 Å². The Balaban J connectivity index is 3.22. The van der Waals surface area contributed by atoms with E-state index in [-0.39, 0.29) is 5.41 Å². The Bertz CT molecular complexity index is 321. The molecule has 0 radical (unpaired) electrons. The highest BCUT2D eigenvalue weighted by atomic mass is 14.8. The van der Waals surface area contributed by atoms with Crippen molar-refractivity contribution in [1.29, 1.82) is 0 Å². The zero-order valence-electron chi connectivity index (χ0n) is 7.63. The minimum Gasteiger partial charge on any atom is -0.258 e. The summed E-state index contributed by atoms with van der Waals surface area (Å²) in [6, 6.07) is 0. The molecule has 1 aromatic rings. The van der Waals surface area contributed by atoms with Crippen LogP contribution in [0.1, 0.15) is 25.2 Å². The van der Waals surface area contributed by atoms with Crippen molar-refractivity contribution in [2.24, 2.45) is 0 Å². The molecule has 0 saturated carbocycles. The first-order valence-corrected chi connectivity index (χ1v) is 3.84. The molecular formula is C10H12N2. The molecule has 12 heavy (non-hydrogen) atoms. The van der Waals surface area contributed by atoms with Crippen LogP contribution in [0.4, 0.5) is 0 Å². The number of aromatic nitrogens is 2. The van der Waals surface area contributed by atoms with Crippen LogP contribution in [0.25, 0.3) is 0 Å². The van der Waals surface area contributed by atoms with E-state index in [4.69, 9.17) is 6.42 Å². The summed E-state index contributed by atoms with van der Waals surface area (Å²) >= 11 is 0. The first-order valence-electron chi connectivity index (χ1n) is 3.84. The highest BCUT2D eigenvalue weighted by molar-refractivity contribution is 5.28. The number of rotatable bonds is 1. The van der Waals surface area contributed by atoms with Crippen LogP contribution < -0.4 is 0 Å². The minimum absolute atomic E-state index is 0.321. The standard InChI is InChI=1S/C10H12N2/c1-5-10(3,4)9-8(2)11-6-7-12-9/h1,6-7H,2-4H3. The quantitative estimate of drug-likeness (QED) is 0.584. The molecule has 0 N–H and O–H groups in total. The van der Waals surface area contributed by atoms with Crippen LogP contribution in [-0.4, -0.2) is 9.97 Å². The maximum Gasteiger partial charge on any atom is 0.0791 e. The molecule has 1 rings (SSSR count). The summed E-state index contributed by atoms with van der Waals surface area (Å²) in [6.45, 7) is 5.84. The van der Waals surface area contributed by atoms with Crippen LogP contribution in [0.15, 0.2) is 12.4 Å². The largest absolute Gasteiger partial charge is 0.258 e. The van der Waals surface area contributed by atoms with Crippen LogP contribution >= 0.6 is 0 Å². The van der Waals surface area contributed by atoms with Gasteiger partial charge >= 0.3 is 0 Å². The van der Waals surface area contributed by atoms with Crippen LogP contribution in [0.3, 0.4) is 0 Å². The van der Waals surface area contributed by atoms with Gasteiger partial charge in [0.25, 0.3) is 0 Å². The molecule has 0 bridgehead atoms. The van der Waals surface area contributed by atoms with Crippen molar-refractivity contribution in [3.63, 3.8) is 0 Å². The molecule has 0 amide bonds. The highest BCUT2D eigenvalue weighted by Crippen LogP contribution is 2.21. The van der Waals surface area contributed by atoms with Crippen molar-refractivity contribution in [1.82, 2.24) is 9.97 Å². The molecule has 0 aliphatic carbocycles. The van der Waals surface area contributed by atoms with Gasteiger partial charge in [0, 0.05) is 12.4 Å². The summed E-state index contributed by atoms with van der Waals surface area (Å²) in [7, 11) is 0. The molecule has 0 atom stereocenters. The Morgan fingerprint density at radius 3 is 2.42 bits per heavy atom.